The van der Waals surface area contributed by atoms with Crippen LogP contribution in [-0.2, 0) is 0 Å². The Kier molecular flexibility index (Phi) is 4.76. The van der Waals surface area contributed by atoms with E-state index in [1.54, 1.807) is 0 Å². The zero-order valence-electron chi connectivity index (χ0n) is 14.2. The lowest BCUT2D eigenvalue weighted by atomic mass is 10.1. The van der Waals surface area contributed by atoms with Crippen molar-refractivity contribution < 1.29 is 0 Å². The maximum Gasteiger partial charge on any atom is 0.151 e. The summed E-state index contributed by atoms with van der Waals surface area (Å²) in [6.07, 6.45) is 0. The molecule has 1 fully saturated rings. The van der Waals surface area contributed by atoms with Gasteiger partial charge in [-0.25, -0.2) is 0 Å². The predicted octanol–water partition coefficient (Wildman–Crippen LogP) is 2.43. The van der Waals surface area contributed by atoms with E-state index >= 15 is 0 Å². The maximum atomic E-state index is 4.37. The third-order valence-corrected chi connectivity index (χ3v) is 4.56. The van der Waals surface area contributed by atoms with E-state index in [0.717, 1.165) is 37.8 Å². The molecule has 1 aromatic heterocycles. The van der Waals surface area contributed by atoms with E-state index in [9.17, 15) is 0 Å². The largest absolute Gasteiger partial charge is 0.361 e. The average molecular weight is 311 g/mol. The fraction of sp³-hybridized carbons (Fsp3) is 0.444. The van der Waals surface area contributed by atoms with Crippen LogP contribution in [0.1, 0.15) is 18.5 Å². The molecule has 2 heterocycles. The predicted molar refractivity (Wildman–Crippen MR) is 95.0 cm³/mol. The lowest BCUT2D eigenvalue weighted by Crippen LogP contribution is -2.47. The number of rotatable bonds is 4. The minimum atomic E-state index is 0.459. The van der Waals surface area contributed by atoms with Gasteiger partial charge in [0.2, 0.25) is 0 Å². The van der Waals surface area contributed by atoms with Crippen molar-refractivity contribution in [1.29, 1.82) is 0 Å². The standard InChI is InChI=1S/C18H25N5/c1-15(16-7-5-4-6-8-16)22-11-13-23(14-12-22)18-10-9-17(19-20-18)21(2)3/h4-10,15H,11-14H2,1-3H3. The van der Waals surface area contributed by atoms with Gasteiger partial charge in [0.25, 0.3) is 0 Å². The number of hydrogen-bond donors (Lipinski definition) is 0. The highest BCUT2D eigenvalue weighted by molar-refractivity contribution is 5.44. The number of anilines is 2. The van der Waals surface area contributed by atoms with E-state index in [0.29, 0.717) is 6.04 Å². The summed E-state index contributed by atoms with van der Waals surface area (Å²) in [4.78, 5) is 6.82. The molecule has 122 valence electrons. The van der Waals surface area contributed by atoms with E-state index in [1.165, 1.54) is 5.56 Å². The number of hydrogen-bond acceptors (Lipinski definition) is 5. The molecular weight excluding hydrogens is 286 g/mol. The van der Waals surface area contributed by atoms with Crippen LogP contribution in [-0.4, -0.2) is 55.4 Å². The van der Waals surface area contributed by atoms with Crippen LogP contribution < -0.4 is 9.80 Å². The molecule has 2 aromatic rings. The zero-order chi connectivity index (χ0) is 16.2. The topological polar surface area (TPSA) is 35.5 Å². The van der Waals surface area contributed by atoms with Crippen molar-refractivity contribution in [2.75, 3.05) is 50.1 Å². The molecule has 0 N–H and O–H groups in total. The van der Waals surface area contributed by atoms with Crippen LogP contribution in [0.15, 0.2) is 42.5 Å². The summed E-state index contributed by atoms with van der Waals surface area (Å²) in [5, 5.41) is 8.64. The van der Waals surface area contributed by atoms with Gasteiger partial charge in [-0.15, -0.1) is 10.2 Å². The number of benzene rings is 1. The Balaban J connectivity index is 1.60. The van der Waals surface area contributed by atoms with Crippen molar-refractivity contribution in [3.8, 4) is 0 Å². The van der Waals surface area contributed by atoms with E-state index in [2.05, 4.69) is 63.3 Å². The molecule has 0 saturated carbocycles. The molecule has 1 atom stereocenters. The van der Waals surface area contributed by atoms with Crippen molar-refractivity contribution in [3.63, 3.8) is 0 Å². The highest BCUT2D eigenvalue weighted by Crippen LogP contribution is 2.23. The third kappa shape index (κ3) is 3.62. The number of aromatic nitrogens is 2. The first-order chi connectivity index (χ1) is 11.1. The van der Waals surface area contributed by atoms with E-state index < -0.39 is 0 Å². The molecule has 1 saturated heterocycles. The summed E-state index contributed by atoms with van der Waals surface area (Å²) >= 11 is 0. The minimum absolute atomic E-state index is 0.459. The first kappa shape index (κ1) is 15.7. The lowest BCUT2D eigenvalue weighted by Gasteiger charge is -2.38. The fourth-order valence-electron chi connectivity index (χ4n) is 3.01. The van der Waals surface area contributed by atoms with Crippen molar-refractivity contribution in [2.24, 2.45) is 0 Å². The number of piperazine rings is 1. The van der Waals surface area contributed by atoms with Crippen molar-refractivity contribution in [2.45, 2.75) is 13.0 Å². The Bertz CT molecular complexity index is 603. The number of nitrogens with zero attached hydrogens (tertiary/aromatic N) is 5. The van der Waals surface area contributed by atoms with Gasteiger partial charge in [0.05, 0.1) is 0 Å². The maximum absolute atomic E-state index is 4.37. The monoisotopic (exact) mass is 311 g/mol. The van der Waals surface area contributed by atoms with E-state index in [4.69, 9.17) is 0 Å². The molecular formula is C18H25N5. The molecule has 23 heavy (non-hydrogen) atoms. The minimum Gasteiger partial charge on any atom is -0.361 e. The van der Waals surface area contributed by atoms with Gasteiger partial charge in [0.15, 0.2) is 11.6 Å². The smallest absolute Gasteiger partial charge is 0.151 e. The summed E-state index contributed by atoms with van der Waals surface area (Å²) in [6, 6.07) is 15.3. The van der Waals surface area contributed by atoms with Gasteiger partial charge in [0, 0.05) is 46.3 Å². The Morgan fingerprint density at radius 3 is 2.17 bits per heavy atom. The molecule has 0 spiro atoms. The van der Waals surface area contributed by atoms with Crippen LogP contribution in [0.2, 0.25) is 0 Å². The normalized spacial score (nSPS) is 17.1. The SMILES string of the molecule is CC(c1ccccc1)N1CCN(c2ccc(N(C)C)nn2)CC1. The van der Waals surface area contributed by atoms with Gasteiger partial charge in [-0.2, -0.15) is 0 Å². The van der Waals surface area contributed by atoms with E-state index in [-0.39, 0.29) is 0 Å². The Labute approximate surface area is 138 Å². The van der Waals surface area contributed by atoms with Gasteiger partial charge in [-0.3, -0.25) is 4.90 Å². The average Bonchev–Trinajstić information content (AvgIpc) is 2.62. The molecule has 1 aromatic carbocycles. The van der Waals surface area contributed by atoms with Crippen LogP contribution in [0.4, 0.5) is 11.6 Å². The van der Waals surface area contributed by atoms with Crippen LogP contribution in [0.25, 0.3) is 0 Å². The van der Waals surface area contributed by atoms with Gasteiger partial charge >= 0.3 is 0 Å². The molecule has 5 heteroatoms. The molecule has 0 amide bonds. The van der Waals surface area contributed by atoms with Crippen molar-refractivity contribution in [1.82, 2.24) is 15.1 Å². The summed E-state index contributed by atoms with van der Waals surface area (Å²) in [5.41, 5.74) is 1.39. The zero-order valence-corrected chi connectivity index (χ0v) is 14.2. The highest BCUT2D eigenvalue weighted by Gasteiger charge is 2.22. The lowest BCUT2D eigenvalue weighted by molar-refractivity contribution is 0.198. The van der Waals surface area contributed by atoms with Gasteiger partial charge in [0.1, 0.15) is 0 Å². The summed E-state index contributed by atoms with van der Waals surface area (Å²) in [7, 11) is 3.96. The van der Waals surface area contributed by atoms with Crippen molar-refractivity contribution in [3.05, 3.63) is 48.0 Å². The molecule has 0 aliphatic carbocycles. The first-order valence-corrected chi connectivity index (χ1v) is 8.20. The Hall–Kier alpha value is -2.14. The van der Waals surface area contributed by atoms with Crippen LogP contribution >= 0.6 is 0 Å². The van der Waals surface area contributed by atoms with Crippen molar-refractivity contribution >= 4 is 11.6 Å². The van der Waals surface area contributed by atoms with E-state index in [1.807, 2.05) is 25.1 Å². The van der Waals surface area contributed by atoms with Gasteiger partial charge < -0.3 is 9.80 Å². The molecule has 3 rings (SSSR count). The quantitative estimate of drug-likeness (QED) is 0.866. The van der Waals surface area contributed by atoms with Gasteiger partial charge in [-0.05, 0) is 24.6 Å². The second kappa shape index (κ2) is 6.96. The summed E-state index contributed by atoms with van der Waals surface area (Å²) < 4.78 is 0. The molecule has 5 nitrogen and oxygen atoms in total. The molecule has 0 radical (unpaired) electrons. The fourth-order valence-corrected chi connectivity index (χ4v) is 3.01. The molecule has 1 aliphatic heterocycles. The summed E-state index contributed by atoms with van der Waals surface area (Å²) in [5.74, 6) is 1.87. The first-order valence-electron chi connectivity index (χ1n) is 8.20. The van der Waals surface area contributed by atoms with Gasteiger partial charge in [-0.1, -0.05) is 30.3 Å². The molecule has 1 unspecified atom stereocenters. The molecule has 0 bridgehead atoms. The Morgan fingerprint density at radius 1 is 0.913 bits per heavy atom. The Morgan fingerprint density at radius 2 is 1.61 bits per heavy atom. The van der Waals surface area contributed by atoms with Crippen LogP contribution in [0.5, 0.6) is 0 Å². The van der Waals surface area contributed by atoms with Crippen LogP contribution in [0.3, 0.4) is 0 Å². The summed E-state index contributed by atoms with van der Waals surface area (Å²) in [6.45, 7) is 6.37. The molecule has 1 aliphatic rings. The second-order valence-electron chi connectivity index (χ2n) is 6.25. The highest BCUT2D eigenvalue weighted by atomic mass is 15.3. The third-order valence-electron chi connectivity index (χ3n) is 4.56. The van der Waals surface area contributed by atoms with Crippen LogP contribution in [0, 0.1) is 0 Å². The second-order valence-corrected chi connectivity index (χ2v) is 6.25.